The van der Waals surface area contributed by atoms with Gasteiger partial charge in [0.1, 0.15) is 10.2 Å². The molecule has 2 heterocycles. The second-order valence-electron chi connectivity index (χ2n) is 4.17. The highest BCUT2D eigenvalue weighted by atomic mass is 35.5. The summed E-state index contributed by atoms with van der Waals surface area (Å²) >= 11 is 7.27. The zero-order chi connectivity index (χ0) is 16.1. The normalized spacial score (nSPS) is 10.8. The van der Waals surface area contributed by atoms with E-state index in [1.54, 1.807) is 6.08 Å². The van der Waals surface area contributed by atoms with E-state index in [1.807, 2.05) is 19.1 Å². The zero-order valence-electron chi connectivity index (χ0n) is 11.7. The van der Waals surface area contributed by atoms with E-state index in [4.69, 9.17) is 11.6 Å². The molecular formula is C14H13ClN4O2S. The van der Waals surface area contributed by atoms with Crippen molar-refractivity contribution in [1.82, 2.24) is 9.97 Å². The van der Waals surface area contributed by atoms with Gasteiger partial charge in [-0.25, -0.2) is 9.97 Å². The van der Waals surface area contributed by atoms with Crippen LogP contribution in [0.3, 0.4) is 0 Å². The number of pyridine rings is 1. The quantitative estimate of drug-likeness (QED) is 0.480. The summed E-state index contributed by atoms with van der Waals surface area (Å²) in [6.45, 7) is 5.96. The van der Waals surface area contributed by atoms with E-state index in [9.17, 15) is 10.1 Å². The fourth-order valence-corrected chi connectivity index (χ4v) is 2.88. The lowest BCUT2D eigenvalue weighted by atomic mass is 10.3. The third kappa shape index (κ3) is 3.69. The summed E-state index contributed by atoms with van der Waals surface area (Å²) in [5, 5.41) is 14.9. The fraction of sp³-hybridized carbons (Fsp3) is 0.143. The average Bonchev–Trinajstić information content (AvgIpc) is 2.87. The molecule has 114 valence electrons. The summed E-state index contributed by atoms with van der Waals surface area (Å²) in [5.41, 5.74) is 0.659. The smallest absolute Gasteiger partial charge is 0.311 e. The van der Waals surface area contributed by atoms with Crippen molar-refractivity contribution in [2.24, 2.45) is 0 Å². The Labute approximate surface area is 136 Å². The SMILES string of the molecule is C=Cc1nc(CNc2nc(Cl)ccc2[N+](=O)[O-])sc1/C=C\C. The first-order chi connectivity index (χ1) is 10.5. The Balaban J connectivity index is 2.21. The van der Waals surface area contributed by atoms with Gasteiger partial charge in [-0.1, -0.05) is 24.3 Å². The topological polar surface area (TPSA) is 81.0 Å². The highest BCUT2D eigenvalue weighted by molar-refractivity contribution is 7.12. The van der Waals surface area contributed by atoms with E-state index in [1.165, 1.54) is 23.5 Å². The molecular weight excluding hydrogens is 324 g/mol. The molecule has 0 atom stereocenters. The molecule has 1 N–H and O–H groups in total. The lowest BCUT2D eigenvalue weighted by Crippen LogP contribution is -2.04. The average molecular weight is 337 g/mol. The number of nitrogens with one attached hydrogen (secondary N) is 1. The maximum Gasteiger partial charge on any atom is 0.311 e. The second-order valence-corrected chi connectivity index (χ2v) is 5.68. The van der Waals surface area contributed by atoms with Gasteiger partial charge in [0.2, 0.25) is 5.82 Å². The molecule has 0 aliphatic heterocycles. The van der Waals surface area contributed by atoms with Gasteiger partial charge < -0.3 is 5.32 Å². The van der Waals surface area contributed by atoms with Gasteiger partial charge in [-0.3, -0.25) is 10.1 Å². The molecule has 6 nitrogen and oxygen atoms in total. The molecule has 0 fully saturated rings. The van der Waals surface area contributed by atoms with Gasteiger partial charge in [0.05, 0.1) is 22.0 Å². The van der Waals surface area contributed by atoms with Crippen LogP contribution in [0, 0.1) is 10.1 Å². The van der Waals surface area contributed by atoms with Crippen molar-refractivity contribution in [2.45, 2.75) is 13.5 Å². The third-order valence-electron chi connectivity index (χ3n) is 2.68. The number of anilines is 1. The van der Waals surface area contributed by atoms with E-state index < -0.39 is 4.92 Å². The van der Waals surface area contributed by atoms with E-state index >= 15 is 0 Å². The van der Waals surface area contributed by atoms with Crippen molar-refractivity contribution < 1.29 is 4.92 Å². The first-order valence-electron chi connectivity index (χ1n) is 6.34. The van der Waals surface area contributed by atoms with Crippen LogP contribution in [-0.4, -0.2) is 14.9 Å². The second kappa shape index (κ2) is 7.15. The van der Waals surface area contributed by atoms with Crippen LogP contribution in [0.1, 0.15) is 22.5 Å². The van der Waals surface area contributed by atoms with Crippen LogP contribution in [0.5, 0.6) is 0 Å². The summed E-state index contributed by atoms with van der Waals surface area (Å²) in [5.74, 6) is 0.125. The molecule has 0 aliphatic rings. The van der Waals surface area contributed by atoms with Crippen molar-refractivity contribution >= 4 is 46.6 Å². The van der Waals surface area contributed by atoms with Crippen LogP contribution in [0.4, 0.5) is 11.5 Å². The Kier molecular flexibility index (Phi) is 5.24. The Bertz CT molecular complexity index is 742. The summed E-state index contributed by atoms with van der Waals surface area (Å²) in [7, 11) is 0. The fourth-order valence-electron chi connectivity index (χ4n) is 1.75. The van der Waals surface area contributed by atoms with Gasteiger partial charge >= 0.3 is 5.69 Å². The number of hydrogen-bond acceptors (Lipinski definition) is 6. The number of nitrogens with zero attached hydrogens (tertiary/aromatic N) is 3. The van der Waals surface area contributed by atoms with Crippen molar-refractivity contribution in [1.29, 1.82) is 0 Å². The summed E-state index contributed by atoms with van der Waals surface area (Å²) in [6, 6.07) is 2.70. The largest absolute Gasteiger partial charge is 0.358 e. The molecule has 0 spiro atoms. The first kappa shape index (κ1) is 16.1. The minimum Gasteiger partial charge on any atom is -0.358 e. The number of rotatable bonds is 6. The van der Waals surface area contributed by atoms with E-state index in [0.717, 1.165) is 15.6 Å². The van der Waals surface area contributed by atoms with Crippen LogP contribution in [-0.2, 0) is 6.54 Å². The van der Waals surface area contributed by atoms with E-state index in [2.05, 4.69) is 21.9 Å². The molecule has 0 aliphatic carbocycles. The van der Waals surface area contributed by atoms with E-state index in [0.29, 0.717) is 6.54 Å². The molecule has 0 unspecified atom stereocenters. The Morgan fingerprint density at radius 3 is 2.91 bits per heavy atom. The first-order valence-corrected chi connectivity index (χ1v) is 7.54. The Morgan fingerprint density at radius 2 is 2.27 bits per heavy atom. The number of hydrogen-bond donors (Lipinski definition) is 1. The minimum atomic E-state index is -0.506. The summed E-state index contributed by atoms with van der Waals surface area (Å²) in [6.07, 6.45) is 5.54. The van der Waals surface area contributed by atoms with Crippen LogP contribution in [0.2, 0.25) is 5.15 Å². The van der Waals surface area contributed by atoms with Crippen molar-refractivity contribution in [3.8, 4) is 0 Å². The van der Waals surface area contributed by atoms with Crippen molar-refractivity contribution in [2.75, 3.05) is 5.32 Å². The van der Waals surface area contributed by atoms with Crippen molar-refractivity contribution in [3.05, 3.63) is 55.6 Å². The van der Waals surface area contributed by atoms with Gasteiger partial charge in [-0.15, -0.1) is 11.3 Å². The molecule has 0 radical (unpaired) electrons. The van der Waals surface area contributed by atoms with Gasteiger partial charge in [0.25, 0.3) is 0 Å². The number of halogens is 1. The molecule has 0 bridgehead atoms. The number of allylic oxidation sites excluding steroid dienone is 1. The summed E-state index contributed by atoms with van der Waals surface area (Å²) in [4.78, 5) is 19.8. The molecule has 0 amide bonds. The summed E-state index contributed by atoms with van der Waals surface area (Å²) < 4.78 is 0. The number of aromatic nitrogens is 2. The molecule has 2 rings (SSSR count). The molecule has 22 heavy (non-hydrogen) atoms. The van der Waals surface area contributed by atoms with Crippen LogP contribution in [0.25, 0.3) is 12.2 Å². The zero-order valence-corrected chi connectivity index (χ0v) is 13.3. The van der Waals surface area contributed by atoms with Crippen LogP contribution < -0.4 is 5.32 Å². The minimum absolute atomic E-state index is 0.125. The number of thiazole rings is 1. The molecule has 2 aromatic heterocycles. The van der Waals surface area contributed by atoms with Crippen LogP contribution in [0.15, 0.2) is 24.8 Å². The maximum atomic E-state index is 11.0. The Hall–Kier alpha value is -2.25. The van der Waals surface area contributed by atoms with Gasteiger partial charge in [-0.2, -0.15) is 0 Å². The van der Waals surface area contributed by atoms with Gasteiger partial charge in [0, 0.05) is 6.07 Å². The molecule has 0 saturated heterocycles. The highest BCUT2D eigenvalue weighted by Gasteiger charge is 2.16. The lowest BCUT2D eigenvalue weighted by Gasteiger charge is -2.04. The molecule has 0 aromatic carbocycles. The van der Waals surface area contributed by atoms with E-state index in [-0.39, 0.29) is 16.7 Å². The number of nitro groups is 1. The molecule has 2 aromatic rings. The standard InChI is InChI=1S/C14H13ClN4O2S/c1-3-5-11-9(4-2)17-13(22-11)8-16-14-10(19(20)21)6-7-12(15)18-14/h3-7H,2,8H2,1H3,(H,16,18)/b5-3-. The predicted octanol–water partition coefficient (Wildman–Crippen LogP) is 4.39. The van der Waals surface area contributed by atoms with Crippen molar-refractivity contribution in [3.63, 3.8) is 0 Å². The van der Waals surface area contributed by atoms with Gasteiger partial charge in [0.15, 0.2) is 0 Å². The highest BCUT2D eigenvalue weighted by Crippen LogP contribution is 2.26. The predicted molar refractivity (Wildman–Crippen MR) is 90.1 cm³/mol. The molecule has 8 heteroatoms. The van der Waals surface area contributed by atoms with Crippen LogP contribution >= 0.6 is 22.9 Å². The lowest BCUT2D eigenvalue weighted by molar-refractivity contribution is -0.384. The Morgan fingerprint density at radius 1 is 1.50 bits per heavy atom. The third-order valence-corrected chi connectivity index (χ3v) is 3.93. The van der Waals surface area contributed by atoms with Gasteiger partial charge in [-0.05, 0) is 25.1 Å². The molecule has 0 saturated carbocycles. The monoisotopic (exact) mass is 336 g/mol. The maximum absolute atomic E-state index is 11.0.